The second-order valence-corrected chi connectivity index (χ2v) is 5.22. The molecule has 0 aliphatic heterocycles. The van der Waals surface area contributed by atoms with Gasteiger partial charge in [0, 0.05) is 0 Å². The number of carbonyl (C=O) groups is 1. The van der Waals surface area contributed by atoms with Gasteiger partial charge in [0.25, 0.3) is 0 Å². The third kappa shape index (κ3) is 3.32. The van der Waals surface area contributed by atoms with Crippen LogP contribution in [-0.2, 0) is 9.53 Å². The van der Waals surface area contributed by atoms with Gasteiger partial charge in [-0.1, -0.05) is 72.8 Å². The minimum atomic E-state index is -0.298. The molecule has 0 saturated carbocycles. The molecule has 0 unspecified atom stereocenters. The van der Waals surface area contributed by atoms with Gasteiger partial charge in [-0.25, -0.2) is 4.79 Å². The third-order valence-corrected chi connectivity index (χ3v) is 3.69. The predicted molar refractivity (Wildman–Crippen MR) is 94.9 cm³/mol. The fraction of sp³-hybridized carbons (Fsp3) is 0.0952. The molecular formula is C21H18O2. The highest BCUT2D eigenvalue weighted by atomic mass is 16.5. The lowest BCUT2D eigenvalue weighted by Crippen LogP contribution is -2.07. The summed E-state index contributed by atoms with van der Waals surface area (Å²) in [5, 5.41) is 2.15. The summed E-state index contributed by atoms with van der Waals surface area (Å²) in [6, 6.07) is 23.9. The fourth-order valence-corrected chi connectivity index (χ4v) is 2.63. The van der Waals surface area contributed by atoms with Crippen LogP contribution in [0.15, 0.2) is 72.8 Å². The second kappa shape index (κ2) is 6.93. The van der Waals surface area contributed by atoms with Crippen LogP contribution >= 0.6 is 0 Å². The molecule has 23 heavy (non-hydrogen) atoms. The highest BCUT2D eigenvalue weighted by molar-refractivity contribution is 6.24. The second-order valence-electron chi connectivity index (χ2n) is 5.22. The van der Waals surface area contributed by atoms with E-state index in [2.05, 4.69) is 0 Å². The molecule has 2 heteroatoms. The Morgan fingerprint density at radius 1 is 0.913 bits per heavy atom. The quantitative estimate of drug-likeness (QED) is 0.387. The zero-order valence-corrected chi connectivity index (χ0v) is 13.0. The Labute approximate surface area is 136 Å². The van der Waals surface area contributed by atoms with E-state index in [1.54, 1.807) is 0 Å². The molecule has 0 N–H and O–H groups in total. The standard InChI is InChI=1S/C21H18O2/c1-2-23-21(22)20(15-16-9-4-3-5-10-16)19-14-8-12-17-11-6-7-13-18(17)19/h3-15H,2H2,1H3/b20-15-. The topological polar surface area (TPSA) is 26.3 Å². The van der Waals surface area contributed by atoms with Crippen molar-refractivity contribution in [1.29, 1.82) is 0 Å². The number of ether oxygens (including phenoxy) is 1. The molecule has 0 radical (unpaired) electrons. The van der Waals surface area contributed by atoms with Gasteiger partial charge in [-0.05, 0) is 34.9 Å². The molecule has 0 fully saturated rings. The maximum absolute atomic E-state index is 12.5. The SMILES string of the molecule is CCOC(=O)/C(=C\c1ccccc1)c1cccc2ccccc12. The summed E-state index contributed by atoms with van der Waals surface area (Å²) >= 11 is 0. The molecule has 0 bridgehead atoms. The van der Waals surface area contributed by atoms with Crippen LogP contribution in [0.3, 0.4) is 0 Å². The molecule has 0 atom stereocenters. The summed E-state index contributed by atoms with van der Waals surface area (Å²) in [6.07, 6.45) is 1.89. The van der Waals surface area contributed by atoms with Crippen molar-refractivity contribution < 1.29 is 9.53 Å². The minimum absolute atomic E-state index is 0.298. The van der Waals surface area contributed by atoms with Crippen LogP contribution in [0.5, 0.6) is 0 Å². The summed E-state index contributed by atoms with van der Waals surface area (Å²) in [5.41, 5.74) is 2.45. The van der Waals surface area contributed by atoms with E-state index in [1.807, 2.05) is 85.8 Å². The first-order chi connectivity index (χ1) is 11.3. The van der Waals surface area contributed by atoms with Crippen molar-refractivity contribution in [2.45, 2.75) is 6.92 Å². The molecule has 0 saturated heterocycles. The van der Waals surface area contributed by atoms with Crippen molar-refractivity contribution in [3.05, 3.63) is 83.9 Å². The molecule has 3 rings (SSSR count). The molecule has 3 aromatic rings. The highest BCUT2D eigenvalue weighted by Gasteiger charge is 2.15. The van der Waals surface area contributed by atoms with Gasteiger partial charge in [0.1, 0.15) is 0 Å². The molecule has 0 aliphatic rings. The summed E-state index contributed by atoms with van der Waals surface area (Å²) in [7, 11) is 0. The van der Waals surface area contributed by atoms with Crippen LogP contribution in [0.25, 0.3) is 22.4 Å². The molecule has 3 aromatic carbocycles. The number of carbonyl (C=O) groups excluding carboxylic acids is 1. The number of esters is 1. The average Bonchev–Trinajstić information content (AvgIpc) is 2.60. The van der Waals surface area contributed by atoms with Crippen LogP contribution < -0.4 is 0 Å². The lowest BCUT2D eigenvalue weighted by molar-refractivity contribution is -0.136. The van der Waals surface area contributed by atoms with E-state index in [0.717, 1.165) is 21.9 Å². The first kappa shape index (κ1) is 15.0. The molecule has 0 aromatic heterocycles. The lowest BCUT2D eigenvalue weighted by atomic mass is 9.96. The zero-order valence-electron chi connectivity index (χ0n) is 13.0. The molecule has 0 spiro atoms. The normalized spacial score (nSPS) is 11.4. The van der Waals surface area contributed by atoms with Gasteiger partial charge in [0.15, 0.2) is 0 Å². The van der Waals surface area contributed by atoms with Crippen LogP contribution in [0.1, 0.15) is 18.1 Å². The van der Waals surface area contributed by atoms with E-state index < -0.39 is 0 Å². The van der Waals surface area contributed by atoms with E-state index in [0.29, 0.717) is 12.2 Å². The van der Waals surface area contributed by atoms with Gasteiger partial charge in [-0.3, -0.25) is 0 Å². The Hall–Kier alpha value is -2.87. The van der Waals surface area contributed by atoms with Crippen molar-refractivity contribution in [2.24, 2.45) is 0 Å². The van der Waals surface area contributed by atoms with Crippen molar-refractivity contribution in [3.63, 3.8) is 0 Å². The Morgan fingerprint density at radius 3 is 2.39 bits per heavy atom. The Balaban J connectivity index is 2.18. The molecule has 0 heterocycles. The number of fused-ring (bicyclic) bond motifs is 1. The number of benzene rings is 3. The maximum Gasteiger partial charge on any atom is 0.338 e. The van der Waals surface area contributed by atoms with Gasteiger partial charge in [0.05, 0.1) is 12.2 Å². The van der Waals surface area contributed by atoms with Crippen LogP contribution in [0.2, 0.25) is 0 Å². The van der Waals surface area contributed by atoms with E-state index in [9.17, 15) is 4.79 Å². The number of rotatable bonds is 4. The zero-order chi connectivity index (χ0) is 16.1. The summed E-state index contributed by atoms with van der Waals surface area (Å²) in [5.74, 6) is -0.298. The molecule has 0 aliphatic carbocycles. The van der Waals surface area contributed by atoms with Crippen molar-refractivity contribution in [2.75, 3.05) is 6.61 Å². The lowest BCUT2D eigenvalue weighted by Gasteiger charge is -2.11. The first-order valence-electron chi connectivity index (χ1n) is 7.71. The van der Waals surface area contributed by atoms with Gasteiger partial charge < -0.3 is 4.74 Å². The third-order valence-electron chi connectivity index (χ3n) is 3.69. The van der Waals surface area contributed by atoms with Crippen molar-refractivity contribution >= 4 is 28.4 Å². The van der Waals surface area contributed by atoms with Gasteiger partial charge in [-0.2, -0.15) is 0 Å². The molecule has 114 valence electrons. The van der Waals surface area contributed by atoms with Crippen LogP contribution in [0, 0.1) is 0 Å². The van der Waals surface area contributed by atoms with Crippen LogP contribution in [0.4, 0.5) is 0 Å². The highest BCUT2D eigenvalue weighted by Crippen LogP contribution is 2.27. The Morgan fingerprint density at radius 2 is 1.61 bits per heavy atom. The van der Waals surface area contributed by atoms with E-state index in [4.69, 9.17) is 4.74 Å². The fourth-order valence-electron chi connectivity index (χ4n) is 2.63. The van der Waals surface area contributed by atoms with Crippen molar-refractivity contribution in [1.82, 2.24) is 0 Å². The number of hydrogen-bond donors (Lipinski definition) is 0. The monoisotopic (exact) mass is 302 g/mol. The van der Waals surface area contributed by atoms with E-state index in [1.165, 1.54) is 0 Å². The smallest absolute Gasteiger partial charge is 0.338 e. The van der Waals surface area contributed by atoms with Gasteiger partial charge >= 0.3 is 5.97 Å². The van der Waals surface area contributed by atoms with Crippen molar-refractivity contribution in [3.8, 4) is 0 Å². The molecule has 2 nitrogen and oxygen atoms in total. The summed E-state index contributed by atoms with van der Waals surface area (Å²) in [4.78, 5) is 12.5. The summed E-state index contributed by atoms with van der Waals surface area (Å²) < 4.78 is 5.27. The van der Waals surface area contributed by atoms with Gasteiger partial charge in [-0.15, -0.1) is 0 Å². The molecule has 0 amide bonds. The van der Waals surface area contributed by atoms with Crippen LogP contribution in [-0.4, -0.2) is 12.6 Å². The molecular weight excluding hydrogens is 284 g/mol. The van der Waals surface area contributed by atoms with E-state index >= 15 is 0 Å². The number of hydrogen-bond acceptors (Lipinski definition) is 2. The first-order valence-corrected chi connectivity index (χ1v) is 7.71. The van der Waals surface area contributed by atoms with E-state index in [-0.39, 0.29) is 5.97 Å². The van der Waals surface area contributed by atoms with Gasteiger partial charge in [0.2, 0.25) is 0 Å². The Kier molecular flexibility index (Phi) is 4.53. The summed E-state index contributed by atoms with van der Waals surface area (Å²) in [6.45, 7) is 2.18. The minimum Gasteiger partial charge on any atom is -0.462 e. The Bertz CT molecular complexity index is 843. The average molecular weight is 302 g/mol. The predicted octanol–water partition coefficient (Wildman–Crippen LogP) is 4.94. The largest absolute Gasteiger partial charge is 0.462 e. The maximum atomic E-state index is 12.5.